The minimum Gasteiger partial charge on any atom is -0.467 e. The molecule has 9 heteroatoms. The Bertz CT molecular complexity index is 1640. The van der Waals surface area contributed by atoms with E-state index in [-0.39, 0.29) is 35.9 Å². The van der Waals surface area contributed by atoms with Gasteiger partial charge >= 0.3 is 0 Å². The number of carbonyl (C=O) groups excluding carboxylic acids is 2. The molecule has 2 amide bonds. The predicted molar refractivity (Wildman–Crippen MR) is 158 cm³/mol. The molecule has 6 rings (SSSR count). The summed E-state index contributed by atoms with van der Waals surface area (Å²) in [6, 6.07) is 30.7. The van der Waals surface area contributed by atoms with Crippen molar-refractivity contribution in [2.24, 2.45) is 0 Å². The van der Waals surface area contributed by atoms with Gasteiger partial charge in [-0.1, -0.05) is 78.3 Å². The average Bonchev–Trinajstić information content (AvgIpc) is 3.63. The van der Waals surface area contributed by atoms with Gasteiger partial charge in [0.1, 0.15) is 18.1 Å². The number of hydrogen-bond donors (Lipinski definition) is 1. The Hall–Kier alpha value is -4.27. The summed E-state index contributed by atoms with van der Waals surface area (Å²) in [5.41, 5.74) is 4.13. The topological polar surface area (TPSA) is 80.4 Å². The van der Waals surface area contributed by atoms with Crippen LogP contribution in [0.5, 0.6) is 0 Å². The number of amides is 2. The summed E-state index contributed by atoms with van der Waals surface area (Å²) in [5.74, 6) is 0.855. The van der Waals surface area contributed by atoms with Gasteiger partial charge in [-0.25, -0.2) is 4.68 Å². The molecular weight excluding hydrogens is 544 g/mol. The van der Waals surface area contributed by atoms with Gasteiger partial charge in [-0.05, 0) is 35.9 Å². The van der Waals surface area contributed by atoms with E-state index in [1.165, 1.54) is 11.8 Å². The number of benzene rings is 3. The van der Waals surface area contributed by atoms with Crippen molar-refractivity contribution in [2.45, 2.75) is 11.8 Å². The zero-order valence-electron chi connectivity index (χ0n) is 21.4. The van der Waals surface area contributed by atoms with Crippen LogP contribution < -0.4 is 10.2 Å². The molecule has 0 unspecified atom stereocenters. The van der Waals surface area contributed by atoms with E-state index < -0.39 is 0 Å². The fraction of sp³-hybridized carbons (Fsp3) is 0.129. The third-order valence-corrected chi connectivity index (χ3v) is 8.25. The van der Waals surface area contributed by atoms with Crippen LogP contribution in [0.4, 0.5) is 5.82 Å². The maximum atomic E-state index is 13.8. The molecule has 1 aliphatic rings. The normalized spacial score (nSPS) is 15.0. The molecule has 1 atom stereocenters. The van der Waals surface area contributed by atoms with Crippen molar-refractivity contribution in [2.75, 3.05) is 17.2 Å². The first-order valence-corrected chi connectivity index (χ1v) is 14.2. The number of hydrogen-bond acceptors (Lipinski definition) is 5. The molecule has 0 fully saturated rings. The number of furan rings is 1. The Labute approximate surface area is 240 Å². The largest absolute Gasteiger partial charge is 0.467 e. The van der Waals surface area contributed by atoms with Crippen molar-refractivity contribution in [3.05, 3.63) is 125 Å². The Morgan fingerprint density at radius 1 is 0.975 bits per heavy atom. The van der Waals surface area contributed by atoms with Gasteiger partial charge < -0.3 is 9.73 Å². The van der Waals surface area contributed by atoms with Crippen LogP contribution >= 0.6 is 23.4 Å². The van der Waals surface area contributed by atoms with Gasteiger partial charge in [0.15, 0.2) is 0 Å². The molecule has 1 N–H and O–H groups in total. The second kappa shape index (κ2) is 11.5. The van der Waals surface area contributed by atoms with Crippen molar-refractivity contribution in [1.82, 2.24) is 15.1 Å². The lowest BCUT2D eigenvalue weighted by molar-refractivity contribution is -0.123. The van der Waals surface area contributed by atoms with E-state index in [1.54, 1.807) is 28.0 Å². The van der Waals surface area contributed by atoms with E-state index in [4.69, 9.17) is 21.1 Å². The highest BCUT2D eigenvalue weighted by Gasteiger charge is 2.38. The number of fused-ring (bicyclic) bond motifs is 1. The van der Waals surface area contributed by atoms with Crippen molar-refractivity contribution in [3.8, 4) is 16.9 Å². The zero-order chi connectivity index (χ0) is 27.5. The van der Waals surface area contributed by atoms with Gasteiger partial charge in [0.25, 0.3) is 0 Å². The molecule has 0 aliphatic carbocycles. The van der Waals surface area contributed by atoms with Crippen LogP contribution in [0.25, 0.3) is 16.9 Å². The molecule has 200 valence electrons. The number of rotatable bonds is 7. The monoisotopic (exact) mass is 568 g/mol. The highest BCUT2D eigenvalue weighted by atomic mass is 35.5. The van der Waals surface area contributed by atoms with E-state index >= 15 is 0 Å². The molecule has 0 saturated carbocycles. The third kappa shape index (κ3) is 5.15. The Morgan fingerprint density at radius 3 is 2.42 bits per heavy atom. The molecule has 3 aromatic carbocycles. The van der Waals surface area contributed by atoms with Crippen molar-refractivity contribution in [1.29, 1.82) is 0 Å². The molecule has 3 heterocycles. The lowest BCUT2D eigenvalue weighted by Crippen LogP contribution is -2.42. The highest BCUT2D eigenvalue weighted by molar-refractivity contribution is 8.00. The maximum absolute atomic E-state index is 13.8. The van der Waals surface area contributed by atoms with Crippen molar-refractivity contribution in [3.63, 3.8) is 0 Å². The predicted octanol–water partition coefficient (Wildman–Crippen LogP) is 6.27. The molecule has 40 heavy (non-hydrogen) atoms. The molecule has 2 aromatic heterocycles. The summed E-state index contributed by atoms with van der Waals surface area (Å²) in [5, 5.41) is 8.26. The van der Waals surface area contributed by atoms with Crippen molar-refractivity contribution >= 4 is 41.0 Å². The summed E-state index contributed by atoms with van der Waals surface area (Å²) < 4.78 is 7.12. The van der Waals surface area contributed by atoms with E-state index in [9.17, 15) is 9.59 Å². The van der Waals surface area contributed by atoms with Crippen LogP contribution in [0.1, 0.15) is 22.1 Å². The standard InChI is InChI=1S/C31H25ClN4O3S/c32-25-16-8-7-15-24(25)30-28-29(21-10-3-1-4-11-21)34-36(22-12-5-2-6-13-22)31(28)35(27(38)20-40-30)19-26(37)33-18-23-14-9-17-39-23/h1-17,30H,18-20H2,(H,33,37)/t30-/m0/s1. The van der Waals surface area contributed by atoms with Crippen LogP contribution in [-0.2, 0) is 16.1 Å². The minimum absolute atomic E-state index is 0.166. The summed E-state index contributed by atoms with van der Waals surface area (Å²) in [6.45, 7) is 0.0556. The number of nitrogens with zero attached hydrogens (tertiary/aromatic N) is 3. The second-order valence-electron chi connectivity index (χ2n) is 9.25. The Kier molecular flexibility index (Phi) is 7.44. The van der Waals surface area contributed by atoms with Gasteiger partial charge in [0.2, 0.25) is 11.8 Å². The number of halogens is 1. The second-order valence-corrected chi connectivity index (χ2v) is 10.7. The SMILES string of the molecule is O=C(CN1C(=O)CS[C@@H](c2ccccc2Cl)c2c(-c3ccccc3)nn(-c3ccccc3)c21)NCc1ccco1. The average molecular weight is 569 g/mol. The molecular formula is C31H25ClN4O3S. The molecule has 7 nitrogen and oxygen atoms in total. The van der Waals surface area contributed by atoms with Crippen LogP contribution in [0.2, 0.25) is 5.02 Å². The zero-order valence-corrected chi connectivity index (χ0v) is 22.9. The molecule has 0 saturated heterocycles. The van der Waals surface area contributed by atoms with Crippen LogP contribution in [0.3, 0.4) is 0 Å². The van der Waals surface area contributed by atoms with Crippen LogP contribution in [-0.4, -0.2) is 33.9 Å². The van der Waals surface area contributed by atoms with E-state index in [0.717, 1.165) is 28.1 Å². The van der Waals surface area contributed by atoms with Crippen LogP contribution in [0, 0.1) is 0 Å². The Balaban J connectivity index is 1.53. The highest BCUT2D eigenvalue weighted by Crippen LogP contribution is 2.49. The fourth-order valence-corrected chi connectivity index (χ4v) is 6.35. The fourth-order valence-electron chi connectivity index (χ4n) is 4.81. The van der Waals surface area contributed by atoms with E-state index in [1.807, 2.05) is 84.9 Å². The third-order valence-electron chi connectivity index (χ3n) is 6.67. The van der Waals surface area contributed by atoms with Gasteiger partial charge in [-0.15, -0.1) is 11.8 Å². The number of nitrogens with one attached hydrogen (secondary N) is 1. The molecule has 0 spiro atoms. The minimum atomic E-state index is -0.307. The lowest BCUT2D eigenvalue weighted by Gasteiger charge is -2.23. The molecule has 1 aliphatic heterocycles. The van der Waals surface area contributed by atoms with E-state index in [2.05, 4.69) is 5.32 Å². The Morgan fingerprint density at radius 2 is 1.70 bits per heavy atom. The lowest BCUT2D eigenvalue weighted by atomic mass is 9.99. The first-order valence-electron chi connectivity index (χ1n) is 12.8. The van der Waals surface area contributed by atoms with Crippen molar-refractivity contribution < 1.29 is 14.0 Å². The number of carbonyl (C=O) groups is 2. The summed E-state index contributed by atoms with van der Waals surface area (Å²) in [7, 11) is 0. The van der Waals surface area contributed by atoms with Gasteiger partial charge in [0.05, 0.1) is 35.2 Å². The van der Waals surface area contributed by atoms with E-state index in [0.29, 0.717) is 16.6 Å². The first-order chi connectivity index (χ1) is 19.6. The van der Waals surface area contributed by atoms with Crippen LogP contribution in [0.15, 0.2) is 108 Å². The van der Waals surface area contributed by atoms with Gasteiger partial charge in [-0.2, -0.15) is 5.10 Å². The quantitative estimate of drug-likeness (QED) is 0.250. The number of thioether (sulfide) groups is 1. The van der Waals surface area contributed by atoms with Gasteiger partial charge in [-0.3, -0.25) is 14.5 Å². The molecule has 0 bridgehead atoms. The summed E-state index contributed by atoms with van der Waals surface area (Å²) in [6.07, 6.45) is 1.56. The summed E-state index contributed by atoms with van der Waals surface area (Å²) >= 11 is 8.22. The van der Waals surface area contributed by atoms with Gasteiger partial charge in [0, 0.05) is 16.1 Å². The molecule has 5 aromatic rings. The first kappa shape index (κ1) is 26.0. The number of anilines is 1. The number of aromatic nitrogens is 2. The maximum Gasteiger partial charge on any atom is 0.240 e. The molecule has 0 radical (unpaired) electrons. The summed E-state index contributed by atoms with van der Waals surface area (Å²) in [4.78, 5) is 28.5. The number of para-hydroxylation sites is 1. The smallest absolute Gasteiger partial charge is 0.240 e.